The van der Waals surface area contributed by atoms with Crippen molar-refractivity contribution in [3.8, 4) is 5.75 Å². The molecular formula is C15H17FN2O. The third-order valence-corrected chi connectivity index (χ3v) is 2.82. The summed E-state index contributed by atoms with van der Waals surface area (Å²) >= 11 is 0. The Kier molecular flexibility index (Phi) is 4.47. The van der Waals surface area contributed by atoms with Crippen LogP contribution in [0.15, 0.2) is 42.6 Å². The largest absolute Gasteiger partial charge is 0.493 e. The van der Waals surface area contributed by atoms with Gasteiger partial charge in [0.05, 0.1) is 6.61 Å². The number of benzene rings is 1. The van der Waals surface area contributed by atoms with E-state index in [0.717, 1.165) is 5.69 Å². The lowest BCUT2D eigenvalue weighted by atomic mass is 10.1. The number of nitrogens with two attached hydrogens (primary N) is 1. The number of rotatable bonds is 5. The molecule has 0 radical (unpaired) electrons. The Morgan fingerprint density at radius 3 is 2.79 bits per heavy atom. The van der Waals surface area contributed by atoms with Crippen LogP contribution in [0.5, 0.6) is 5.75 Å². The molecule has 1 aromatic heterocycles. The predicted molar refractivity (Wildman–Crippen MR) is 72.4 cm³/mol. The molecule has 0 fully saturated rings. The molecule has 4 heteroatoms. The first-order valence-corrected chi connectivity index (χ1v) is 6.24. The van der Waals surface area contributed by atoms with Crippen LogP contribution in [0.25, 0.3) is 0 Å². The zero-order chi connectivity index (χ0) is 13.7. The minimum atomic E-state index is -0.328. The van der Waals surface area contributed by atoms with Gasteiger partial charge in [0, 0.05) is 36.0 Å². The molecule has 3 nitrogen and oxygen atoms in total. The average molecular weight is 260 g/mol. The lowest BCUT2D eigenvalue weighted by molar-refractivity contribution is 0.318. The van der Waals surface area contributed by atoms with Crippen LogP contribution in [0.4, 0.5) is 4.39 Å². The van der Waals surface area contributed by atoms with Gasteiger partial charge < -0.3 is 10.5 Å². The third kappa shape index (κ3) is 3.76. The number of pyridine rings is 1. The summed E-state index contributed by atoms with van der Waals surface area (Å²) in [6.07, 6.45) is 2.43. The van der Waals surface area contributed by atoms with E-state index in [1.807, 2.05) is 18.2 Å². The molecule has 0 bridgehead atoms. The lowest BCUT2D eigenvalue weighted by Crippen LogP contribution is -2.08. The first kappa shape index (κ1) is 13.5. The second-order valence-corrected chi connectivity index (χ2v) is 4.39. The molecule has 1 unspecified atom stereocenters. The minimum Gasteiger partial charge on any atom is -0.493 e. The van der Waals surface area contributed by atoms with E-state index in [1.165, 1.54) is 6.07 Å². The van der Waals surface area contributed by atoms with Crippen molar-refractivity contribution in [2.24, 2.45) is 5.73 Å². The highest BCUT2D eigenvalue weighted by Crippen LogP contribution is 2.20. The van der Waals surface area contributed by atoms with Crippen LogP contribution in [0, 0.1) is 5.82 Å². The van der Waals surface area contributed by atoms with Gasteiger partial charge in [0.1, 0.15) is 11.6 Å². The standard InChI is InChI=1S/C15H17FN2O/c1-11(17)14-6-5-13(10-15(14)16)19-9-7-12-4-2-3-8-18-12/h2-6,8,10-11H,7,9,17H2,1H3. The van der Waals surface area contributed by atoms with Crippen molar-refractivity contribution in [2.75, 3.05) is 6.61 Å². The minimum absolute atomic E-state index is 0.317. The van der Waals surface area contributed by atoms with Crippen molar-refractivity contribution < 1.29 is 9.13 Å². The van der Waals surface area contributed by atoms with Crippen molar-refractivity contribution >= 4 is 0 Å². The van der Waals surface area contributed by atoms with Gasteiger partial charge in [0.2, 0.25) is 0 Å². The molecule has 0 saturated heterocycles. The predicted octanol–water partition coefficient (Wildman–Crippen LogP) is 2.86. The van der Waals surface area contributed by atoms with E-state index in [0.29, 0.717) is 24.3 Å². The number of hydrogen-bond donors (Lipinski definition) is 1. The number of nitrogens with zero attached hydrogens (tertiary/aromatic N) is 1. The highest BCUT2D eigenvalue weighted by atomic mass is 19.1. The van der Waals surface area contributed by atoms with E-state index < -0.39 is 0 Å². The first-order chi connectivity index (χ1) is 9.16. The monoisotopic (exact) mass is 260 g/mol. The fraction of sp³-hybridized carbons (Fsp3) is 0.267. The summed E-state index contributed by atoms with van der Waals surface area (Å²) in [7, 11) is 0. The summed E-state index contributed by atoms with van der Waals surface area (Å²) < 4.78 is 19.2. The van der Waals surface area contributed by atoms with Gasteiger partial charge in [-0.05, 0) is 25.1 Å². The van der Waals surface area contributed by atoms with Gasteiger partial charge in [0.15, 0.2) is 0 Å². The van der Waals surface area contributed by atoms with Gasteiger partial charge in [-0.3, -0.25) is 4.98 Å². The summed E-state index contributed by atoms with van der Waals surface area (Å²) in [6.45, 7) is 2.22. The van der Waals surface area contributed by atoms with Crippen LogP contribution < -0.4 is 10.5 Å². The molecule has 0 amide bonds. The summed E-state index contributed by atoms with van der Waals surface area (Å²) in [5, 5.41) is 0. The normalized spacial score (nSPS) is 12.2. The molecule has 1 heterocycles. The van der Waals surface area contributed by atoms with Crippen molar-refractivity contribution in [3.05, 3.63) is 59.7 Å². The maximum Gasteiger partial charge on any atom is 0.131 e. The van der Waals surface area contributed by atoms with Gasteiger partial charge in [-0.25, -0.2) is 4.39 Å². The van der Waals surface area contributed by atoms with Gasteiger partial charge in [-0.1, -0.05) is 12.1 Å². The molecule has 0 spiro atoms. The fourth-order valence-electron chi connectivity index (χ4n) is 1.79. The SMILES string of the molecule is CC(N)c1ccc(OCCc2ccccn2)cc1F. The molecule has 2 aromatic rings. The third-order valence-electron chi connectivity index (χ3n) is 2.82. The highest BCUT2D eigenvalue weighted by molar-refractivity contribution is 5.30. The van der Waals surface area contributed by atoms with Crippen LogP contribution in [0.2, 0.25) is 0 Å². The second kappa shape index (κ2) is 6.29. The van der Waals surface area contributed by atoms with Crippen LogP contribution in [-0.4, -0.2) is 11.6 Å². The Morgan fingerprint density at radius 1 is 1.32 bits per heavy atom. The zero-order valence-corrected chi connectivity index (χ0v) is 10.8. The molecule has 0 saturated carbocycles. The maximum atomic E-state index is 13.7. The van der Waals surface area contributed by atoms with Gasteiger partial charge >= 0.3 is 0 Å². The molecule has 2 rings (SSSR count). The van der Waals surface area contributed by atoms with E-state index in [1.54, 1.807) is 25.3 Å². The highest BCUT2D eigenvalue weighted by Gasteiger charge is 2.08. The smallest absolute Gasteiger partial charge is 0.131 e. The fourth-order valence-corrected chi connectivity index (χ4v) is 1.79. The number of halogens is 1. The molecular weight excluding hydrogens is 243 g/mol. The molecule has 0 aliphatic heterocycles. The Labute approximate surface area is 112 Å². The van der Waals surface area contributed by atoms with Crippen molar-refractivity contribution in [1.29, 1.82) is 0 Å². The first-order valence-electron chi connectivity index (χ1n) is 6.24. The maximum absolute atomic E-state index is 13.7. The van der Waals surface area contributed by atoms with Gasteiger partial charge in [-0.2, -0.15) is 0 Å². The molecule has 100 valence electrons. The number of aromatic nitrogens is 1. The van der Waals surface area contributed by atoms with Crippen molar-refractivity contribution in [3.63, 3.8) is 0 Å². The molecule has 0 aliphatic carbocycles. The second-order valence-electron chi connectivity index (χ2n) is 4.39. The lowest BCUT2D eigenvalue weighted by Gasteiger charge is -2.10. The van der Waals surface area contributed by atoms with Gasteiger partial charge in [-0.15, -0.1) is 0 Å². The summed E-state index contributed by atoms with van der Waals surface area (Å²) in [5.74, 6) is 0.183. The molecule has 0 aliphatic rings. The van der Waals surface area contributed by atoms with Crippen LogP contribution >= 0.6 is 0 Å². The Balaban J connectivity index is 1.92. The van der Waals surface area contributed by atoms with Crippen LogP contribution in [0.3, 0.4) is 0 Å². The summed E-state index contributed by atoms with van der Waals surface area (Å²) in [5.41, 5.74) is 7.10. The van der Waals surface area contributed by atoms with Crippen LogP contribution in [-0.2, 0) is 6.42 Å². The molecule has 2 N–H and O–H groups in total. The summed E-state index contributed by atoms with van der Waals surface area (Å²) in [4.78, 5) is 4.19. The van der Waals surface area contributed by atoms with Crippen molar-refractivity contribution in [2.45, 2.75) is 19.4 Å². The average Bonchev–Trinajstić information content (AvgIpc) is 2.39. The summed E-state index contributed by atoms with van der Waals surface area (Å²) in [6, 6.07) is 10.2. The van der Waals surface area contributed by atoms with E-state index in [4.69, 9.17) is 10.5 Å². The molecule has 1 atom stereocenters. The van der Waals surface area contributed by atoms with E-state index >= 15 is 0 Å². The Hall–Kier alpha value is -1.94. The van der Waals surface area contributed by atoms with E-state index in [9.17, 15) is 4.39 Å². The molecule has 19 heavy (non-hydrogen) atoms. The quantitative estimate of drug-likeness (QED) is 0.899. The number of ether oxygens (including phenoxy) is 1. The Bertz CT molecular complexity index is 529. The van der Waals surface area contributed by atoms with Gasteiger partial charge in [0.25, 0.3) is 0 Å². The Morgan fingerprint density at radius 2 is 2.16 bits per heavy atom. The molecule has 1 aromatic carbocycles. The van der Waals surface area contributed by atoms with Crippen molar-refractivity contribution in [1.82, 2.24) is 4.98 Å². The topological polar surface area (TPSA) is 48.1 Å². The number of hydrogen-bond acceptors (Lipinski definition) is 3. The van der Waals surface area contributed by atoms with E-state index in [-0.39, 0.29) is 11.9 Å². The van der Waals surface area contributed by atoms with Crippen LogP contribution in [0.1, 0.15) is 24.2 Å². The zero-order valence-electron chi connectivity index (χ0n) is 10.8. The van der Waals surface area contributed by atoms with E-state index in [2.05, 4.69) is 4.98 Å².